The summed E-state index contributed by atoms with van der Waals surface area (Å²) >= 11 is 0.845. The van der Waals surface area contributed by atoms with Crippen molar-refractivity contribution in [3.63, 3.8) is 0 Å². The van der Waals surface area contributed by atoms with Crippen LogP contribution >= 0.6 is 11.5 Å². The normalized spacial score (nSPS) is 13.4. The number of anilines is 1. The van der Waals surface area contributed by atoms with Crippen LogP contribution in [0.2, 0.25) is 0 Å². The van der Waals surface area contributed by atoms with Crippen LogP contribution in [0.15, 0.2) is 24.3 Å². The molecule has 0 unspecified atom stereocenters. The molecule has 0 saturated heterocycles. The van der Waals surface area contributed by atoms with E-state index in [0.29, 0.717) is 11.1 Å². The predicted molar refractivity (Wildman–Crippen MR) is 72.2 cm³/mol. The van der Waals surface area contributed by atoms with Gasteiger partial charge in [-0.05, 0) is 12.1 Å². The number of benzene rings is 1. The van der Waals surface area contributed by atoms with Crippen molar-refractivity contribution in [3.8, 4) is 0 Å². The van der Waals surface area contributed by atoms with E-state index in [1.165, 1.54) is 0 Å². The smallest absolute Gasteiger partial charge is 0.411 e. The Bertz CT molecular complexity index is 722. The fourth-order valence-electron chi connectivity index (χ4n) is 1.98. The lowest BCUT2D eigenvalue weighted by Gasteiger charge is -2.10. The van der Waals surface area contributed by atoms with E-state index >= 15 is 0 Å². The van der Waals surface area contributed by atoms with Crippen molar-refractivity contribution < 1.29 is 19.5 Å². The number of carbonyl (C=O) groups is 3. The summed E-state index contributed by atoms with van der Waals surface area (Å²) in [6.45, 7) is -0.0931. The Morgan fingerprint density at radius 2 is 1.86 bits per heavy atom. The van der Waals surface area contributed by atoms with Crippen LogP contribution in [0.1, 0.15) is 26.5 Å². The van der Waals surface area contributed by atoms with Gasteiger partial charge in [0.25, 0.3) is 11.8 Å². The average molecular weight is 304 g/mol. The molecule has 2 N–H and O–H groups in total. The summed E-state index contributed by atoms with van der Waals surface area (Å²) in [5.41, 5.74) is 0.697. The molecule has 0 aliphatic carbocycles. The lowest BCUT2D eigenvalue weighted by atomic mass is 10.1. The van der Waals surface area contributed by atoms with Crippen LogP contribution < -0.4 is 5.32 Å². The molecule has 0 radical (unpaired) electrons. The lowest BCUT2D eigenvalue weighted by molar-refractivity contribution is 0.0638. The highest BCUT2D eigenvalue weighted by atomic mass is 32.1. The van der Waals surface area contributed by atoms with Crippen LogP contribution in [-0.4, -0.2) is 37.3 Å². The first-order valence-electron chi connectivity index (χ1n) is 5.84. The Labute approximate surface area is 122 Å². The highest BCUT2D eigenvalue weighted by Gasteiger charge is 2.35. The van der Waals surface area contributed by atoms with Gasteiger partial charge >= 0.3 is 6.09 Å². The van der Waals surface area contributed by atoms with Crippen molar-refractivity contribution in [2.24, 2.45) is 0 Å². The van der Waals surface area contributed by atoms with Gasteiger partial charge < -0.3 is 5.11 Å². The summed E-state index contributed by atoms with van der Waals surface area (Å²) in [7, 11) is 0. The first kappa shape index (κ1) is 13.2. The van der Waals surface area contributed by atoms with Gasteiger partial charge in [0, 0.05) is 11.5 Å². The Morgan fingerprint density at radius 3 is 2.43 bits per heavy atom. The summed E-state index contributed by atoms with van der Waals surface area (Å²) < 4.78 is 3.92. The van der Waals surface area contributed by atoms with Crippen molar-refractivity contribution in [2.45, 2.75) is 6.54 Å². The Hall–Kier alpha value is -2.81. The SMILES string of the molecule is O=C(O)Nc1nc(CN2C(=O)c3ccccc3C2=O)ns1. The van der Waals surface area contributed by atoms with Crippen molar-refractivity contribution in [1.29, 1.82) is 0 Å². The zero-order chi connectivity index (χ0) is 15.0. The maximum atomic E-state index is 12.1. The number of hydrogen-bond donors (Lipinski definition) is 2. The van der Waals surface area contributed by atoms with Gasteiger partial charge in [0.15, 0.2) is 5.82 Å². The third kappa shape index (κ3) is 2.34. The van der Waals surface area contributed by atoms with Crippen LogP contribution in [0, 0.1) is 0 Å². The summed E-state index contributed by atoms with van der Waals surface area (Å²) in [5.74, 6) is -0.602. The van der Waals surface area contributed by atoms with Crippen LogP contribution in [0.25, 0.3) is 0 Å². The molecule has 1 aromatic heterocycles. The number of nitrogens with one attached hydrogen (secondary N) is 1. The average Bonchev–Trinajstić information content (AvgIpc) is 2.98. The molecule has 106 valence electrons. The van der Waals surface area contributed by atoms with Crippen molar-refractivity contribution in [1.82, 2.24) is 14.3 Å². The largest absolute Gasteiger partial charge is 0.465 e. The number of aromatic nitrogens is 2. The number of fused-ring (bicyclic) bond motifs is 1. The van der Waals surface area contributed by atoms with E-state index in [4.69, 9.17) is 5.11 Å². The minimum atomic E-state index is -1.25. The quantitative estimate of drug-likeness (QED) is 0.829. The molecule has 21 heavy (non-hydrogen) atoms. The predicted octanol–water partition coefficient (Wildman–Crippen LogP) is 1.42. The molecule has 0 bridgehead atoms. The van der Waals surface area contributed by atoms with Gasteiger partial charge in [0.05, 0.1) is 17.7 Å². The summed E-state index contributed by atoms with van der Waals surface area (Å²) in [5, 5.41) is 10.7. The fourth-order valence-corrected chi connectivity index (χ4v) is 2.55. The Balaban J connectivity index is 1.80. The first-order chi connectivity index (χ1) is 10.1. The molecule has 0 atom stereocenters. The molecule has 3 amide bonds. The van der Waals surface area contributed by atoms with E-state index in [0.717, 1.165) is 16.4 Å². The van der Waals surface area contributed by atoms with Crippen LogP contribution in [0.3, 0.4) is 0 Å². The number of hydrogen-bond acceptors (Lipinski definition) is 6. The third-order valence-corrected chi connectivity index (χ3v) is 3.53. The first-order valence-corrected chi connectivity index (χ1v) is 6.61. The number of carbonyl (C=O) groups excluding carboxylic acids is 2. The second kappa shape index (κ2) is 4.94. The number of imide groups is 1. The van der Waals surface area contributed by atoms with E-state index < -0.39 is 17.9 Å². The van der Waals surface area contributed by atoms with E-state index in [1.54, 1.807) is 24.3 Å². The summed E-state index contributed by atoms with van der Waals surface area (Å²) in [6, 6.07) is 6.54. The molecular formula is C12H8N4O4S. The summed E-state index contributed by atoms with van der Waals surface area (Å²) in [6.07, 6.45) is -1.25. The van der Waals surface area contributed by atoms with E-state index in [9.17, 15) is 14.4 Å². The molecule has 0 spiro atoms. The van der Waals surface area contributed by atoms with Crippen LogP contribution in [-0.2, 0) is 6.54 Å². The number of rotatable bonds is 3. The monoisotopic (exact) mass is 304 g/mol. The zero-order valence-corrected chi connectivity index (χ0v) is 11.3. The van der Waals surface area contributed by atoms with Gasteiger partial charge in [-0.1, -0.05) is 12.1 Å². The van der Waals surface area contributed by atoms with Gasteiger partial charge in [-0.2, -0.15) is 4.37 Å². The molecule has 1 aliphatic heterocycles. The molecule has 1 aliphatic rings. The highest BCUT2D eigenvalue weighted by Crippen LogP contribution is 2.24. The Kier molecular flexibility index (Phi) is 3.10. The maximum absolute atomic E-state index is 12.1. The van der Waals surface area contributed by atoms with E-state index in [-0.39, 0.29) is 17.5 Å². The number of nitrogens with zero attached hydrogens (tertiary/aromatic N) is 3. The van der Waals surface area contributed by atoms with Crippen molar-refractivity contribution in [3.05, 3.63) is 41.2 Å². The maximum Gasteiger partial charge on any atom is 0.411 e. The lowest BCUT2D eigenvalue weighted by Crippen LogP contribution is -2.29. The van der Waals surface area contributed by atoms with Crippen LogP contribution in [0.5, 0.6) is 0 Å². The molecule has 8 nitrogen and oxygen atoms in total. The molecule has 2 aromatic rings. The molecule has 1 aromatic carbocycles. The number of carboxylic acid groups (broad SMARTS) is 1. The minimum Gasteiger partial charge on any atom is -0.465 e. The van der Waals surface area contributed by atoms with Gasteiger partial charge in [0.2, 0.25) is 5.13 Å². The second-order valence-electron chi connectivity index (χ2n) is 4.19. The molecule has 0 fully saturated rings. The molecular weight excluding hydrogens is 296 g/mol. The third-order valence-electron chi connectivity index (χ3n) is 2.86. The van der Waals surface area contributed by atoms with Crippen molar-refractivity contribution in [2.75, 3.05) is 5.32 Å². The van der Waals surface area contributed by atoms with E-state index in [1.807, 2.05) is 0 Å². The van der Waals surface area contributed by atoms with Gasteiger partial charge in [0.1, 0.15) is 0 Å². The number of amides is 3. The Morgan fingerprint density at radius 1 is 1.24 bits per heavy atom. The molecule has 0 saturated carbocycles. The van der Waals surface area contributed by atoms with Crippen molar-refractivity contribution >= 4 is 34.6 Å². The molecule has 9 heteroatoms. The fraction of sp³-hybridized carbons (Fsp3) is 0.0833. The second-order valence-corrected chi connectivity index (χ2v) is 4.94. The topological polar surface area (TPSA) is 112 Å². The molecule has 3 rings (SSSR count). The zero-order valence-electron chi connectivity index (χ0n) is 10.4. The van der Waals surface area contributed by atoms with Gasteiger partial charge in [-0.3, -0.25) is 19.8 Å². The van der Waals surface area contributed by atoms with Gasteiger partial charge in [-0.25, -0.2) is 9.78 Å². The van der Waals surface area contributed by atoms with Crippen LogP contribution in [0.4, 0.5) is 9.93 Å². The summed E-state index contributed by atoms with van der Waals surface area (Å²) in [4.78, 5) is 39.7. The van der Waals surface area contributed by atoms with E-state index in [2.05, 4.69) is 14.7 Å². The minimum absolute atomic E-state index is 0.0918. The highest BCUT2D eigenvalue weighted by molar-refractivity contribution is 7.09. The standard InChI is InChI=1S/C12H8N4O4S/c17-9-6-3-1-2-4-7(6)10(18)16(9)5-8-13-11(21-15-8)14-12(19)20/h1-4H,5H2,(H,19,20)(H,13,14,15). The molecule has 2 heterocycles. The van der Waals surface area contributed by atoms with Gasteiger partial charge in [-0.15, -0.1) is 0 Å².